The molecular weight excluding hydrogens is 272 g/mol. The van der Waals surface area contributed by atoms with Crippen LogP contribution < -0.4 is 5.32 Å². The van der Waals surface area contributed by atoms with Gasteiger partial charge in [0.05, 0.1) is 5.52 Å². The summed E-state index contributed by atoms with van der Waals surface area (Å²) in [5, 5.41) is 17.3. The van der Waals surface area contributed by atoms with Gasteiger partial charge in [0.15, 0.2) is 5.69 Å². The first-order chi connectivity index (χ1) is 10.1. The molecule has 7 heteroatoms. The Morgan fingerprint density at radius 2 is 2.14 bits per heavy atom. The van der Waals surface area contributed by atoms with E-state index in [0.29, 0.717) is 18.8 Å². The summed E-state index contributed by atoms with van der Waals surface area (Å²) in [6.45, 7) is 1.20. The number of hydrogen-bond acceptors (Lipinski definition) is 4. The number of hydrogen-bond donors (Lipinski definition) is 2. The molecule has 1 aromatic carbocycles. The Bertz CT molecular complexity index is 709. The number of para-hydroxylation sites is 1. The summed E-state index contributed by atoms with van der Waals surface area (Å²) in [5.41, 5.74) is 1.16. The molecule has 7 nitrogen and oxygen atoms in total. The molecule has 1 aliphatic rings. The summed E-state index contributed by atoms with van der Waals surface area (Å²) in [7, 11) is 1.77. The molecule has 1 unspecified atom stereocenters. The van der Waals surface area contributed by atoms with E-state index in [2.05, 4.69) is 10.4 Å². The molecule has 1 aliphatic heterocycles. The number of carboxylic acid groups (broad SMARTS) is 1. The number of rotatable bonds is 2. The number of benzene rings is 1. The summed E-state index contributed by atoms with van der Waals surface area (Å²) >= 11 is 0. The van der Waals surface area contributed by atoms with Crippen LogP contribution in [0.3, 0.4) is 0 Å². The van der Waals surface area contributed by atoms with E-state index >= 15 is 0 Å². The number of carboxylic acids is 1. The molecule has 1 aromatic heterocycles. The normalized spacial score (nSPS) is 18.9. The van der Waals surface area contributed by atoms with Crippen LogP contribution in [0, 0.1) is 0 Å². The van der Waals surface area contributed by atoms with Crippen molar-refractivity contribution in [3.05, 3.63) is 30.0 Å². The highest BCUT2D eigenvalue weighted by Crippen LogP contribution is 2.20. The molecule has 0 radical (unpaired) electrons. The van der Waals surface area contributed by atoms with Crippen LogP contribution in [0.2, 0.25) is 0 Å². The number of carbonyl (C=O) groups excluding carboxylic acids is 1. The van der Waals surface area contributed by atoms with Gasteiger partial charge in [0.25, 0.3) is 5.91 Å². The maximum Gasteiger partial charge on any atom is 0.327 e. The number of aryl methyl sites for hydroxylation is 1. The average Bonchev–Trinajstić information content (AvgIpc) is 2.84. The molecular formula is C14H16N4O3. The molecule has 1 atom stereocenters. The number of nitrogens with zero attached hydrogens (tertiary/aromatic N) is 3. The first-order valence-electron chi connectivity index (χ1n) is 6.76. The zero-order valence-corrected chi connectivity index (χ0v) is 11.6. The second kappa shape index (κ2) is 5.17. The first kappa shape index (κ1) is 13.6. The van der Waals surface area contributed by atoms with E-state index in [4.69, 9.17) is 0 Å². The SMILES string of the molecule is Cn1nc(C(=O)N2CCNCC2C(=O)O)c2ccccc21. The molecule has 1 fully saturated rings. The number of carbonyl (C=O) groups is 2. The third kappa shape index (κ3) is 2.25. The molecule has 21 heavy (non-hydrogen) atoms. The van der Waals surface area contributed by atoms with Crippen molar-refractivity contribution < 1.29 is 14.7 Å². The lowest BCUT2D eigenvalue weighted by Crippen LogP contribution is -2.57. The summed E-state index contributed by atoms with van der Waals surface area (Å²) in [6, 6.07) is 6.57. The maximum atomic E-state index is 12.7. The molecule has 2 aromatic rings. The van der Waals surface area contributed by atoms with Gasteiger partial charge >= 0.3 is 5.97 Å². The van der Waals surface area contributed by atoms with Gasteiger partial charge in [-0.15, -0.1) is 0 Å². The van der Waals surface area contributed by atoms with Crippen LogP contribution in [0.5, 0.6) is 0 Å². The van der Waals surface area contributed by atoms with Gasteiger partial charge in [0.1, 0.15) is 6.04 Å². The number of piperazine rings is 1. The minimum absolute atomic E-state index is 0.256. The molecule has 1 amide bonds. The summed E-state index contributed by atoms with van der Waals surface area (Å²) in [5.74, 6) is -1.34. The van der Waals surface area contributed by atoms with Crippen LogP contribution in [-0.2, 0) is 11.8 Å². The highest BCUT2D eigenvalue weighted by Gasteiger charge is 2.34. The van der Waals surface area contributed by atoms with Crippen molar-refractivity contribution in [3.8, 4) is 0 Å². The van der Waals surface area contributed by atoms with Crippen LogP contribution in [0.1, 0.15) is 10.5 Å². The van der Waals surface area contributed by atoms with E-state index < -0.39 is 12.0 Å². The summed E-state index contributed by atoms with van der Waals surface area (Å²) < 4.78 is 1.64. The summed E-state index contributed by atoms with van der Waals surface area (Å²) in [4.78, 5) is 25.4. The largest absolute Gasteiger partial charge is 0.480 e. The lowest BCUT2D eigenvalue weighted by atomic mass is 10.1. The average molecular weight is 288 g/mol. The van der Waals surface area contributed by atoms with Gasteiger partial charge in [-0.25, -0.2) is 4.79 Å². The first-order valence-corrected chi connectivity index (χ1v) is 6.76. The molecule has 2 heterocycles. The zero-order valence-electron chi connectivity index (χ0n) is 11.6. The van der Waals surface area contributed by atoms with Gasteiger partial charge in [-0.2, -0.15) is 5.10 Å². The molecule has 1 saturated heterocycles. The smallest absolute Gasteiger partial charge is 0.327 e. The Hall–Kier alpha value is -2.41. The van der Waals surface area contributed by atoms with E-state index in [1.54, 1.807) is 11.7 Å². The Morgan fingerprint density at radius 1 is 1.38 bits per heavy atom. The van der Waals surface area contributed by atoms with Crippen molar-refractivity contribution >= 4 is 22.8 Å². The van der Waals surface area contributed by atoms with Gasteiger partial charge in [-0.1, -0.05) is 18.2 Å². The number of amides is 1. The van der Waals surface area contributed by atoms with Crippen LogP contribution >= 0.6 is 0 Å². The standard InChI is InChI=1S/C14H16N4O3/c1-17-10-5-3-2-4-9(10)12(16-17)13(19)18-7-6-15-8-11(18)14(20)21/h2-5,11,15H,6-8H2,1H3,(H,20,21). The lowest BCUT2D eigenvalue weighted by molar-refractivity contribution is -0.142. The monoisotopic (exact) mass is 288 g/mol. The Kier molecular flexibility index (Phi) is 3.34. The Labute approximate surface area is 121 Å². The van der Waals surface area contributed by atoms with Gasteiger partial charge < -0.3 is 15.3 Å². The third-order valence-corrected chi connectivity index (χ3v) is 3.75. The van der Waals surface area contributed by atoms with Crippen molar-refractivity contribution in [3.63, 3.8) is 0 Å². The highest BCUT2D eigenvalue weighted by molar-refractivity contribution is 6.06. The topological polar surface area (TPSA) is 87.5 Å². The quantitative estimate of drug-likeness (QED) is 0.816. The predicted octanol–water partition coefficient (Wildman–Crippen LogP) is 0.0719. The van der Waals surface area contributed by atoms with E-state index in [1.807, 2.05) is 24.3 Å². The Morgan fingerprint density at radius 3 is 2.90 bits per heavy atom. The van der Waals surface area contributed by atoms with E-state index in [1.165, 1.54) is 4.90 Å². The molecule has 3 rings (SSSR count). The van der Waals surface area contributed by atoms with Crippen molar-refractivity contribution in [2.75, 3.05) is 19.6 Å². The van der Waals surface area contributed by atoms with E-state index in [0.717, 1.165) is 10.9 Å². The Balaban J connectivity index is 2.01. The minimum atomic E-state index is -1.00. The van der Waals surface area contributed by atoms with Crippen molar-refractivity contribution in [1.29, 1.82) is 0 Å². The molecule has 0 saturated carbocycles. The fourth-order valence-electron chi connectivity index (χ4n) is 2.68. The highest BCUT2D eigenvalue weighted by atomic mass is 16.4. The molecule has 0 spiro atoms. The fraction of sp³-hybridized carbons (Fsp3) is 0.357. The number of fused-ring (bicyclic) bond motifs is 1. The van der Waals surface area contributed by atoms with Crippen LogP contribution in [0.15, 0.2) is 24.3 Å². The molecule has 2 N–H and O–H groups in total. The van der Waals surface area contributed by atoms with Crippen LogP contribution in [0.25, 0.3) is 10.9 Å². The minimum Gasteiger partial charge on any atom is -0.480 e. The van der Waals surface area contributed by atoms with E-state index in [-0.39, 0.29) is 12.5 Å². The van der Waals surface area contributed by atoms with Crippen LogP contribution in [-0.4, -0.2) is 57.3 Å². The van der Waals surface area contributed by atoms with E-state index in [9.17, 15) is 14.7 Å². The zero-order chi connectivity index (χ0) is 15.0. The van der Waals surface area contributed by atoms with Gasteiger partial charge in [0, 0.05) is 32.1 Å². The second-order valence-corrected chi connectivity index (χ2v) is 5.05. The fourth-order valence-corrected chi connectivity index (χ4v) is 2.68. The lowest BCUT2D eigenvalue weighted by Gasteiger charge is -2.33. The number of aliphatic carboxylic acids is 1. The molecule has 110 valence electrons. The number of nitrogens with one attached hydrogen (secondary N) is 1. The number of aromatic nitrogens is 2. The molecule has 0 bridgehead atoms. The third-order valence-electron chi connectivity index (χ3n) is 3.75. The van der Waals surface area contributed by atoms with Crippen molar-refractivity contribution in [2.24, 2.45) is 7.05 Å². The second-order valence-electron chi connectivity index (χ2n) is 5.05. The van der Waals surface area contributed by atoms with Gasteiger partial charge in [0.2, 0.25) is 0 Å². The molecule has 0 aliphatic carbocycles. The predicted molar refractivity (Wildman–Crippen MR) is 76.0 cm³/mol. The van der Waals surface area contributed by atoms with Crippen LogP contribution in [0.4, 0.5) is 0 Å². The van der Waals surface area contributed by atoms with Gasteiger partial charge in [-0.05, 0) is 6.07 Å². The van der Waals surface area contributed by atoms with Gasteiger partial charge in [-0.3, -0.25) is 9.48 Å². The van der Waals surface area contributed by atoms with Crippen molar-refractivity contribution in [2.45, 2.75) is 6.04 Å². The maximum absolute atomic E-state index is 12.7. The summed E-state index contributed by atoms with van der Waals surface area (Å²) in [6.07, 6.45) is 0. The van der Waals surface area contributed by atoms with Crippen molar-refractivity contribution in [1.82, 2.24) is 20.0 Å².